The largest absolute Gasteiger partial charge is 0.493 e. The number of hydrogen-bond acceptors (Lipinski definition) is 6. The maximum Gasteiger partial charge on any atom is 0.355 e. The molecule has 2 aromatic rings. The summed E-state index contributed by atoms with van der Waals surface area (Å²) in [5.41, 5.74) is 1.37. The van der Waals surface area contributed by atoms with E-state index in [1.807, 2.05) is 26.0 Å². The number of hydrogen-bond donors (Lipinski definition) is 1. The molecule has 29 heavy (non-hydrogen) atoms. The van der Waals surface area contributed by atoms with Gasteiger partial charge in [0.05, 0.1) is 13.7 Å². The molecule has 1 aromatic carbocycles. The van der Waals surface area contributed by atoms with Crippen LogP contribution in [0, 0.1) is 0 Å². The lowest BCUT2D eigenvalue weighted by molar-refractivity contribution is -0.135. The van der Waals surface area contributed by atoms with Gasteiger partial charge in [0.25, 0.3) is 5.91 Å². The van der Waals surface area contributed by atoms with Crippen LogP contribution >= 0.6 is 0 Å². The third-order valence-corrected chi connectivity index (χ3v) is 4.27. The molecule has 1 amide bonds. The van der Waals surface area contributed by atoms with Crippen LogP contribution < -0.4 is 9.47 Å². The number of nitrogens with one attached hydrogen (secondary N) is 1. The molecule has 0 fully saturated rings. The van der Waals surface area contributed by atoms with Crippen molar-refractivity contribution in [3.05, 3.63) is 47.3 Å². The molecule has 0 spiro atoms. The average Bonchev–Trinajstić information content (AvgIpc) is 3.21. The van der Waals surface area contributed by atoms with Gasteiger partial charge in [0.2, 0.25) is 0 Å². The molecule has 1 heterocycles. The number of ether oxygens (including phenoxy) is 3. The quantitative estimate of drug-likeness (QED) is 0.485. The predicted octanol–water partition coefficient (Wildman–Crippen LogP) is 2.83. The highest BCUT2D eigenvalue weighted by Crippen LogP contribution is 2.28. The molecule has 2 rings (SSSR count). The number of H-pyrrole nitrogens is 1. The molecule has 0 saturated carbocycles. The molecule has 0 aliphatic heterocycles. The third-order valence-electron chi connectivity index (χ3n) is 4.27. The smallest absolute Gasteiger partial charge is 0.355 e. The summed E-state index contributed by atoms with van der Waals surface area (Å²) in [5, 5.41) is 0. The summed E-state index contributed by atoms with van der Waals surface area (Å²) in [7, 11) is 1.56. The van der Waals surface area contributed by atoms with Crippen LogP contribution in [0.5, 0.6) is 11.5 Å². The van der Waals surface area contributed by atoms with Crippen LogP contribution in [0.1, 0.15) is 47.2 Å². The highest BCUT2D eigenvalue weighted by atomic mass is 16.5. The Balaban J connectivity index is 1.97. The van der Waals surface area contributed by atoms with E-state index in [1.165, 1.54) is 19.2 Å². The van der Waals surface area contributed by atoms with Gasteiger partial charge in [0.15, 0.2) is 23.9 Å². The van der Waals surface area contributed by atoms with Crippen molar-refractivity contribution in [3.63, 3.8) is 0 Å². The van der Waals surface area contributed by atoms with Gasteiger partial charge in [-0.1, -0.05) is 6.07 Å². The van der Waals surface area contributed by atoms with Gasteiger partial charge < -0.3 is 24.1 Å². The summed E-state index contributed by atoms with van der Waals surface area (Å²) in [5.74, 6) is 0.0428. The van der Waals surface area contributed by atoms with E-state index in [2.05, 4.69) is 4.98 Å². The van der Waals surface area contributed by atoms with E-state index in [1.54, 1.807) is 18.1 Å². The van der Waals surface area contributed by atoms with Crippen molar-refractivity contribution in [2.24, 2.45) is 0 Å². The van der Waals surface area contributed by atoms with Crippen LogP contribution in [-0.2, 0) is 16.1 Å². The van der Waals surface area contributed by atoms with Crippen molar-refractivity contribution >= 4 is 17.7 Å². The Labute approximate surface area is 169 Å². The van der Waals surface area contributed by atoms with Gasteiger partial charge in [0, 0.05) is 24.8 Å². The topological polar surface area (TPSA) is 97.9 Å². The van der Waals surface area contributed by atoms with E-state index in [4.69, 9.17) is 14.2 Å². The first-order chi connectivity index (χ1) is 13.9. The number of aromatic nitrogens is 1. The van der Waals surface area contributed by atoms with Gasteiger partial charge in [-0.25, -0.2) is 4.79 Å². The van der Waals surface area contributed by atoms with Crippen LogP contribution in [0.25, 0.3) is 0 Å². The predicted molar refractivity (Wildman–Crippen MR) is 106 cm³/mol. The minimum absolute atomic E-state index is 0.127. The van der Waals surface area contributed by atoms with Crippen molar-refractivity contribution in [2.45, 2.75) is 27.3 Å². The second-order valence-corrected chi connectivity index (χ2v) is 6.26. The molecule has 0 radical (unpaired) electrons. The number of benzene rings is 1. The SMILES string of the molecule is CCOc1ccc(CN(CC)C(=O)COC(=O)c2cc(C(C)=O)c[nH]2)cc1OC. The van der Waals surface area contributed by atoms with E-state index in [-0.39, 0.29) is 17.4 Å². The molecule has 0 atom stereocenters. The minimum atomic E-state index is -0.690. The maximum absolute atomic E-state index is 12.5. The fourth-order valence-electron chi connectivity index (χ4n) is 2.69. The van der Waals surface area contributed by atoms with Crippen LogP contribution in [-0.4, -0.2) is 54.4 Å². The molecular weight excluding hydrogens is 376 g/mol. The molecule has 1 aromatic heterocycles. The summed E-state index contributed by atoms with van der Waals surface area (Å²) in [6, 6.07) is 6.87. The lowest BCUT2D eigenvalue weighted by Crippen LogP contribution is -2.34. The van der Waals surface area contributed by atoms with Crippen molar-refractivity contribution < 1.29 is 28.6 Å². The number of aromatic amines is 1. The fraction of sp³-hybridized carbons (Fsp3) is 0.381. The van der Waals surface area contributed by atoms with Crippen molar-refractivity contribution in [1.29, 1.82) is 0 Å². The van der Waals surface area contributed by atoms with Gasteiger partial charge >= 0.3 is 5.97 Å². The Kier molecular flexibility index (Phi) is 7.82. The maximum atomic E-state index is 12.5. The Morgan fingerprint density at radius 3 is 2.45 bits per heavy atom. The molecular formula is C21H26N2O6. The van der Waals surface area contributed by atoms with E-state index in [0.717, 1.165) is 5.56 Å². The van der Waals surface area contributed by atoms with E-state index < -0.39 is 12.6 Å². The summed E-state index contributed by atoms with van der Waals surface area (Å²) < 4.78 is 15.9. The van der Waals surface area contributed by atoms with E-state index >= 15 is 0 Å². The molecule has 1 N–H and O–H groups in total. The summed E-state index contributed by atoms with van der Waals surface area (Å²) >= 11 is 0. The third kappa shape index (κ3) is 5.84. The van der Waals surface area contributed by atoms with Crippen LogP contribution in [0.15, 0.2) is 30.5 Å². The first kappa shape index (κ1) is 22.0. The van der Waals surface area contributed by atoms with Crippen molar-refractivity contribution in [2.75, 3.05) is 26.9 Å². The summed E-state index contributed by atoms with van der Waals surface area (Å²) in [6.45, 7) is 6.05. The van der Waals surface area contributed by atoms with Gasteiger partial charge in [-0.2, -0.15) is 0 Å². The van der Waals surface area contributed by atoms with E-state index in [0.29, 0.717) is 36.8 Å². The Morgan fingerprint density at radius 1 is 1.10 bits per heavy atom. The number of carbonyl (C=O) groups is 3. The number of nitrogens with zero attached hydrogens (tertiary/aromatic N) is 1. The zero-order chi connectivity index (χ0) is 21.4. The number of methoxy groups -OCH3 is 1. The number of rotatable bonds is 10. The molecule has 156 valence electrons. The highest BCUT2D eigenvalue weighted by Gasteiger charge is 2.18. The molecule has 0 saturated heterocycles. The van der Waals surface area contributed by atoms with Crippen LogP contribution in [0.4, 0.5) is 0 Å². The summed E-state index contributed by atoms with van der Waals surface area (Å²) in [6.07, 6.45) is 1.43. The van der Waals surface area contributed by atoms with Gasteiger partial charge in [-0.05, 0) is 44.5 Å². The Bertz CT molecular complexity index is 874. The second-order valence-electron chi connectivity index (χ2n) is 6.26. The number of likely N-dealkylation sites (N-methyl/N-ethyl adjacent to an activating group) is 1. The highest BCUT2D eigenvalue weighted by molar-refractivity contribution is 5.97. The van der Waals surface area contributed by atoms with Gasteiger partial charge in [0.1, 0.15) is 5.69 Å². The zero-order valence-corrected chi connectivity index (χ0v) is 17.1. The molecule has 0 bridgehead atoms. The number of esters is 1. The first-order valence-corrected chi connectivity index (χ1v) is 9.33. The molecule has 0 aliphatic carbocycles. The Hall–Kier alpha value is -3.29. The van der Waals surface area contributed by atoms with Crippen LogP contribution in [0.3, 0.4) is 0 Å². The summed E-state index contributed by atoms with van der Waals surface area (Å²) in [4.78, 5) is 40.1. The van der Waals surface area contributed by atoms with Crippen LogP contribution in [0.2, 0.25) is 0 Å². The monoisotopic (exact) mass is 402 g/mol. The van der Waals surface area contributed by atoms with Gasteiger partial charge in [-0.15, -0.1) is 0 Å². The molecule has 0 unspecified atom stereocenters. The molecule has 8 heteroatoms. The zero-order valence-electron chi connectivity index (χ0n) is 17.1. The minimum Gasteiger partial charge on any atom is -0.493 e. The number of amides is 1. The van der Waals surface area contributed by atoms with Gasteiger partial charge in [-0.3, -0.25) is 9.59 Å². The number of Topliss-reactive ketones (excluding diaryl/α,β-unsaturated/α-hetero) is 1. The van der Waals surface area contributed by atoms with Crippen molar-refractivity contribution in [3.8, 4) is 11.5 Å². The normalized spacial score (nSPS) is 10.3. The number of carbonyl (C=O) groups excluding carboxylic acids is 3. The lowest BCUT2D eigenvalue weighted by atomic mass is 10.2. The lowest BCUT2D eigenvalue weighted by Gasteiger charge is -2.21. The second kappa shape index (κ2) is 10.3. The first-order valence-electron chi connectivity index (χ1n) is 9.33. The number of ketones is 1. The average molecular weight is 402 g/mol. The fourth-order valence-corrected chi connectivity index (χ4v) is 2.69. The molecule has 8 nitrogen and oxygen atoms in total. The van der Waals surface area contributed by atoms with E-state index in [9.17, 15) is 14.4 Å². The van der Waals surface area contributed by atoms with Crippen molar-refractivity contribution in [1.82, 2.24) is 9.88 Å². The standard InChI is InChI=1S/C21H26N2O6/c1-5-23(12-15-7-8-18(28-6-2)19(9-15)27-4)20(25)13-29-21(26)17-10-16(11-22-17)14(3)24/h7-11,22H,5-6,12-13H2,1-4H3. The molecule has 0 aliphatic rings. The Morgan fingerprint density at radius 2 is 1.86 bits per heavy atom.